The van der Waals surface area contributed by atoms with Gasteiger partial charge in [-0.1, -0.05) is 12.1 Å². The predicted octanol–water partition coefficient (Wildman–Crippen LogP) is 4.87. The SMILES string of the molecule is CCN1C(=O)c2cccc3c(NCCNC(=S)Nc4ccc(C(F)(F)F)cc4)ccc(c23)C1=O. The Morgan fingerprint density at radius 2 is 1.62 bits per heavy atom. The van der Waals surface area contributed by atoms with Crippen molar-refractivity contribution in [3.8, 4) is 0 Å². The third-order valence-corrected chi connectivity index (χ3v) is 5.75. The van der Waals surface area contributed by atoms with Gasteiger partial charge in [0.05, 0.1) is 5.56 Å². The van der Waals surface area contributed by atoms with Crippen LogP contribution >= 0.6 is 12.2 Å². The zero-order valence-corrected chi connectivity index (χ0v) is 18.9. The Bertz CT molecular complexity index is 1250. The number of hydrogen-bond acceptors (Lipinski definition) is 4. The number of imide groups is 1. The standard InChI is InChI=1S/C24H21F3N4O2S/c1-2-31-21(32)17-5-3-4-16-19(11-10-18(20(16)17)22(31)33)28-12-13-29-23(34)30-15-8-6-14(7-9-15)24(25,26)27/h3-11,28H,2,12-13H2,1H3,(H2,29,30,34). The van der Waals surface area contributed by atoms with Gasteiger partial charge < -0.3 is 16.0 Å². The third-order valence-electron chi connectivity index (χ3n) is 5.50. The molecule has 10 heteroatoms. The van der Waals surface area contributed by atoms with Crippen LogP contribution in [0.5, 0.6) is 0 Å². The average molecular weight is 487 g/mol. The first-order chi connectivity index (χ1) is 16.2. The van der Waals surface area contributed by atoms with Gasteiger partial charge in [0.2, 0.25) is 0 Å². The first-order valence-electron chi connectivity index (χ1n) is 10.6. The molecule has 0 aromatic heterocycles. The molecule has 0 fully saturated rings. The van der Waals surface area contributed by atoms with Crippen molar-refractivity contribution in [3.05, 3.63) is 71.3 Å². The zero-order valence-electron chi connectivity index (χ0n) is 18.1. The molecule has 0 bridgehead atoms. The molecule has 0 unspecified atom stereocenters. The van der Waals surface area contributed by atoms with Crippen molar-refractivity contribution in [2.24, 2.45) is 0 Å². The van der Waals surface area contributed by atoms with Crippen LogP contribution in [0.3, 0.4) is 0 Å². The number of rotatable bonds is 6. The number of benzene rings is 3. The predicted molar refractivity (Wildman–Crippen MR) is 129 cm³/mol. The van der Waals surface area contributed by atoms with Gasteiger partial charge in [0, 0.05) is 52.9 Å². The van der Waals surface area contributed by atoms with Crippen LogP contribution in [0.4, 0.5) is 24.5 Å². The number of anilines is 2. The van der Waals surface area contributed by atoms with E-state index in [2.05, 4.69) is 16.0 Å². The van der Waals surface area contributed by atoms with Crippen molar-refractivity contribution in [3.63, 3.8) is 0 Å². The van der Waals surface area contributed by atoms with Gasteiger partial charge in [0.1, 0.15) is 0 Å². The molecular weight excluding hydrogens is 465 g/mol. The van der Waals surface area contributed by atoms with Crippen molar-refractivity contribution >= 4 is 51.3 Å². The lowest BCUT2D eigenvalue weighted by molar-refractivity contribution is -0.137. The lowest BCUT2D eigenvalue weighted by atomic mass is 9.93. The van der Waals surface area contributed by atoms with Crippen LogP contribution in [0.2, 0.25) is 0 Å². The molecule has 3 aromatic carbocycles. The Morgan fingerprint density at radius 3 is 2.26 bits per heavy atom. The van der Waals surface area contributed by atoms with E-state index in [0.717, 1.165) is 23.2 Å². The Labute approximate surface area is 199 Å². The summed E-state index contributed by atoms with van der Waals surface area (Å²) in [5.41, 5.74) is 1.48. The van der Waals surface area contributed by atoms with Gasteiger partial charge in [-0.3, -0.25) is 14.5 Å². The van der Waals surface area contributed by atoms with Gasteiger partial charge in [0.15, 0.2) is 5.11 Å². The molecule has 176 valence electrons. The number of halogens is 3. The molecule has 0 radical (unpaired) electrons. The quantitative estimate of drug-likeness (QED) is 0.262. The fourth-order valence-corrected chi connectivity index (χ4v) is 4.10. The van der Waals surface area contributed by atoms with Gasteiger partial charge in [-0.05, 0) is 61.6 Å². The Hall–Kier alpha value is -3.66. The zero-order chi connectivity index (χ0) is 24.5. The molecular formula is C24H21F3N4O2S. The largest absolute Gasteiger partial charge is 0.416 e. The van der Waals surface area contributed by atoms with Crippen LogP contribution in [0.1, 0.15) is 33.2 Å². The highest BCUT2D eigenvalue weighted by Crippen LogP contribution is 2.34. The summed E-state index contributed by atoms with van der Waals surface area (Å²) in [6.45, 7) is 2.97. The van der Waals surface area contributed by atoms with E-state index < -0.39 is 11.7 Å². The van der Waals surface area contributed by atoms with Crippen molar-refractivity contribution in [1.82, 2.24) is 10.2 Å². The number of carbonyl (C=O) groups excluding carboxylic acids is 2. The van der Waals surface area contributed by atoms with Gasteiger partial charge >= 0.3 is 6.18 Å². The molecule has 0 saturated carbocycles. The molecule has 0 saturated heterocycles. The van der Waals surface area contributed by atoms with Gasteiger partial charge in [0.25, 0.3) is 11.8 Å². The van der Waals surface area contributed by atoms with E-state index >= 15 is 0 Å². The summed E-state index contributed by atoms with van der Waals surface area (Å²) in [5, 5.41) is 10.8. The number of thiocarbonyl (C=S) groups is 1. The van der Waals surface area contributed by atoms with E-state index in [-0.39, 0.29) is 16.9 Å². The minimum absolute atomic E-state index is 0.273. The second-order valence-electron chi connectivity index (χ2n) is 7.63. The van der Waals surface area contributed by atoms with E-state index in [1.165, 1.54) is 17.0 Å². The van der Waals surface area contributed by atoms with E-state index in [1.54, 1.807) is 25.1 Å². The van der Waals surface area contributed by atoms with Crippen LogP contribution in [-0.2, 0) is 6.18 Å². The van der Waals surface area contributed by atoms with Gasteiger partial charge in [-0.2, -0.15) is 13.2 Å². The molecule has 1 aliphatic rings. The highest BCUT2D eigenvalue weighted by molar-refractivity contribution is 7.80. The van der Waals surface area contributed by atoms with Crippen molar-refractivity contribution in [1.29, 1.82) is 0 Å². The van der Waals surface area contributed by atoms with Crippen molar-refractivity contribution in [2.45, 2.75) is 13.1 Å². The summed E-state index contributed by atoms with van der Waals surface area (Å²) in [5.74, 6) is -0.604. The van der Waals surface area contributed by atoms with Crippen LogP contribution in [0.15, 0.2) is 54.6 Å². The molecule has 6 nitrogen and oxygen atoms in total. The number of nitrogens with zero attached hydrogens (tertiary/aromatic N) is 1. The van der Waals surface area contributed by atoms with E-state index in [1.807, 2.05) is 12.1 Å². The second-order valence-corrected chi connectivity index (χ2v) is 8.03. The molecule has 1 aliphatic heterocycles. The van der Waals surface area contributed by atoms with Gasteiger partial charge in [-0.15, -0.1) is 0 Å². The first-order valence-corrected chi connectivity index (χ1v) is 11.0. The molecule has 3 aromatic rings. The Morgan fingerprint density at radius 1 is 0.941 bits per heavy atom. The molecule has 3 N–H and O–H groups in total. The minimum Gasteiger partial charge on any atom is -0.383 e. The maximum atomic E-state index is 12.7. The number of alkyl halides is 3. The van der Waals surface area contributed by atoms with Crippen molar-refractivity contribution in [2.75, 3.05) is 30.3 Å². The molecule has 34 heavy (non-hydrogen) atoms. The highest BCUT2D eigenvalue weighted by Gasteiger charge is 2.32. The fraction of sp³-hybridized carbons (Fsp3) is 0.208. The Balaban J connectivity index is 1.38. The van der Waals surface area contributed by atoms with E-state index in [0.29, 0.717) is 41.8 Å². The van der Waals surface area contributed by atoms with E-state index in [9.17, 15) is 22.8 Å². The molecule has 0 spiro atoms. The van der Waals surface area contributed by atoms with Crippen LogP contribution in [-0.4, -0.2) is 41.5 Å². The van der Waals surface area contributed by atoms with E-state index in [4.69, 9.17) is 12.2 Å². The first kappa shape index (κ1) is 23.5. The topological polar surface area (TPSA) is 73.5 Å². The number of carbonyl (C=O) groups is 2. The molecule has 2 amide bonds. The molecule has 0 atom stereocenters. The lowest BCUT2D eigenvalue weighted by Crippen LogP contribution is -2.40. The van der Waals surface area contributed by atoms with Crippen LogP contribution < -0.4 is 16.0 Å². The average Bonchev–Trinajstić information content (AvgIpc) is 2.80. The van der Waals surface area contributed by atoms with Gasteiger partial charge in [-0.25, -0.2) is 0 Å². The summed E-state index contributed by atoms with van der Waals surface area (Å²) in [6.07, 6.45) is -4.39. The summed E-state index contributed by atoms with van der Waals surface area (Å²) >= 11 is 5.20. The van der Waals surface area contributed by atoms with Crippen LogP contribution in [0.25, 0.3) is 10.8 Å². The second kappa shape index (κ2) is 9.30. The van der Waals surface area contributed by atoms with Crippen molar-refractivity contribution < 1.29 is 22.8 Å². The maximum Gasteiger partial charge on any atom is 0.416 e. The number of nitrogens with one attached hydrogen (secondary N) is 3. The molecule has 0 aliphatic carbocycles. The summed E-state index contributed by atoms with van der Waals surface area (Å²) in [6, 6.07) is 13.5. The third kappa shape index (κ3) is 4.54. The lowest BCUT2D eigenvalue weighted by Gasteiger charge is -2.26. The fourth-order valence-electron chi connectivity index (χ4n) is 3.88. The normalized spacial score (nSPS) is 13.2. The summed E-state index contributed by atoms with van der Waals surface area (Å²) in [7, 11) is 0. The number of hydrogen-bond donors (Lipinski definition) is 3. The monoisotopic (exact) mass is 486 g/mol. The van der Waals surface area contributed by atoms with Crippen LogP contribution in [0, 0.1) is 0 Å². The summed E-state index contributed by atoms with van der Waals surface area (Å²) < 4.78 is 38.0. The summed E-state index contributed by atoms with van der Waals surface area (Å²) in [4.78, 5) is 26.6. The maximum absolute atomic E-state index is 12.7. The minimum atomic E-state index is -4.39. The highest BCUT2D eigenvalue weighted by atomic mass is 32.1. The molecule has 1 heterocycles. The number of amides is 2. The molecule has 4 rings (SSSR count). The Kier molecular flexibility index (Phi) is 6.43. The smallest absolute Gasteiger partial charge is 0.383 e.